The first-order valence-electron chi connectivity index (χ1n) is 8.13. The molecule has 1 amide bonds. The van der Waals surface area contributed by atoms with Gasteiger partial charge in [-0.1, -0.05) is 18.7 Å². The molecule has 25 heavy (non-hydrogen) atoms. The Morgan fingerprint density at radius 1 is 1.36 bits per heavy atom. The fourth-order valence-electron chi connectivity index (χ4n) is 2.06. The van der Waals surface area contributed by atoms with Gasteiger partial charge in [-0.2, -0.15) is 0 Å². The number of hydrogen-bond donors (Lipinski definition) is 1. The summed E-state index contributed by atoms with van der Waals surface area (Å²) in [5.41, 5.74) is 0. The zero-order valence-electron chi connectivity index (χ0n) is 14.4. The molecule has 136 valence electrons. The van der Waals surface area contributed by atoms with Crippen LogP contribution in [0.15, 0.2) is 28.0 Å². The summed E-state index contributed by atoms with van der Waals surface area (Å²) < 4.78 is 12.1. The van der Waals surface area contributed by atoms with Gasteiger partial charge in [0.05, 0.1) is 25.2 Å². The van der Waals surface area contributed by atoms with E-state index in [1.54, 1.807) is 23.8 Å². The Labute approximate surface area is 150 Å². The van der Waals surface area contributed by atoms with E-state index in [1.165, 1.54) is 11.8 Å². The van der Waals surface area contributed by atoms with E-state index in [0.717, 1.165) is 6.42 Å². The maximum Gasteiger partial charge on any atom is 0.313 e. The van der Waals surface area contributed by atoms with Crippen molar-refractivity contribution in [3.8, 4) is 0 Å². The SMILES string of the molecule is CCCNC(=O)CSc1nnc(CC(=O)OCC)n1Cc1ccco1. The Balaban J connectivity index is 2.10. The fraction of sp³-hybridized carbons (Fsp3) is 0.500. The summed E-state index contributed by atoms with van der Waals surface area (Å²) in [7, 11) is 0. The number of furan rings is 1. The molecule has 0 aliphatic heterocycles. The summed E-state index contributed by atoms with van der Waals surface area (Å²) in [6.07, 6.45) is 2.48. The monoisotopic (exact) mass is 366 g/mol. The summed E-state index contributed by atoms with van der Waals surface area (Å²) in [5, 5.41) is 11.6. The second-order valence-corrected chi connectivity index (χ2v) is 6.13. The Morgan fingerprint density at radius 2 is 2.20 bits per heavy atom. The van der Waals surface area contributed by atoms with Crippen LogP contribution >= 0.6 is 11.8 Å². The van der Waals surface area contributed by atoms with Crippen molar-refractivity contribution in [2.75, 3.05) is 18.9 Å². The van der Waals surface area contributed by atoms with E-state index in [1.807, 2.05) is 13.0 Å². The largest absolute Gasteiger partial charge is 0.467 e. The van der Waals surface area contributed by atoms with Crippen molar-refractivity contribution in [3.05, 3.63) is 30.0 Å². The zero-order chi connectivity index (χ0) is 18.1. The van der Waals surface area contributed by atoms with E-state index >= 15 is 0 Å². The average Bonchev–Trinajstić information content (AvgIpc) is 3.23. The standard InChI is InChI=1S/C16H22N4O4S/c1-3-7-17-14(21)11-25-16-19-18-13(9-15(22)23-4-2)20(16)10-12-6-5-8-24-12/h5-6,8H,3-4,7,9-11H2,1-2H3,(H,17,21). The van der Waals surface area contributed by atoms with E-state index in [0.29, 0.717) is 36.4 Å². The van der Waals surface area contributed by atoms with Gasteiger partial charge >= 0.3 is 5.97 Å². The van der Waals surface area contributed by atoms with Gasteiger partial charge in [-0.25, -0.2) is 0 Å². The maximum atomic E-state index is 11.8. The number of thioether (sulfide) groups is 1. The molecule has 0 aromatic carbocycles. The lowest BCUT2D eigenvalue weighted by molar-refractivity contribution is -0.142. The quantitative estimate of drug-likeness (QED) is 0.504. The molecule has 0 aliphatic rings. The van der Waals surface area contributed by atoms with Crippen LogP contribution in [0, 0.1) is 0 Å². The maximum absolute atomic E-state index is 11.8. The highest BCUT2D eigenvalue weighted by atomic mass is 32.2. The van der Waals surface area contributed by atoms with E-state index in [9.17, 15) is 9.59 Å². The fourth-order valence-corrected chi connectivity index (χ4v) is 2.85. The van der Waals surface area contributed by atoms with Crippen LogP contribution in [0.3, 0.4) is 0 Å². The number of ether oxygens (including phenoxy) is 1. The van der Waals surface area contributed by atoms with E-state index in [-0.39, 0.29) is 24.1 Å². The van der Waals surface area contributed by atoms with Crippen LogP contribution in [0.2, 0.25) is 0 Å². The third-order valence-corrected chi connectivity index (χ3v) is 4.17. The highest BCUT2D eigenvalue weighted by Crippen LogP contribution is 2.19. The van der Waals surface area contributed by atoms with Gasteiger partial charge in [0.1, 0.15) is 18.0 Å². The predicted molar refractivity (Wildman–Crippen MR) is 92.2 cm³/mol. The predicted octanol–water partition coefficient (Wildman–Crippen LogP) is 1.64. The number of esters is 1. The molecule has 0 fully saturated rings. The molecule has 0 saturated heterocycles. The third-order valence-electron chi connectivity index (χ3n) is 3.20. The molecule has 1 N–H and O–H groups in total. The lowest BCUT2D eigenvalue weighted by Gasteiger charge is -2.08. The summed E-state index contributed by atoms with van der Waals surface area (Å²) in [6.45, 7) is 5.08. The first kappa shape index (κ1) is 19.0. The smallest absolute Gasteiger partial charge is 0.313 e. The molecule has 2 aromatic heterocycles. The molecule has 0 aliphatic carbocycles. The van der Waals surface area contributed by atoms with Crippen LogP contribution in [0.25, 0.3) is 0 Å². The molecular formula is C16H22N4O4S. The lowest BCUT2D eigenvalue weighted by atomic mass is 10.4. The first-order chi connectivity index (χ1) is 12.1. The molecule has 0 bridgehead atoms. The molecule has 2 heterocycles. The zero-order valence-corrected chi connectivity index (χ0v) is 15.2. The minimum Gasteiger partial charge on any atom is -0.467 e. The average molecular weight is 366 g/mol. The molecule has 2 aromatic rings. The van der Waals surface area contributed by atoms with Crippen molar-refractivity contribution < 1.29 is 18.7 Å². The Kier molecular flexibility index (Phi) is 7.52. The number of hydrogen-bond acceptors (Lipinski definition) is 7. The number of carbonyl (C=O) groups is 2. The Morgan fingerprint density at radius 3 is 2.88 bits per heavy atom. The number of nitrogens with one attached hydrogen (secondary N) is 1. The molecule has 0 saturated carbocycles. The van der Waals surface area contributed by atoms with Gasteiger partial charge in [0.15, 0.2) is 5.16 Å². The van der Waals surface area contributed by atoms with Crippen molar-refractivity contribution in [1.29, 1.82) is 0 Å². The van der Waals surface area contributed by atoms with Crippen molar-refractivity contribution >= 4 is 23.6 Å². The van der Waals surface area contributed by atoms with Gasteiger partial charge in [0.2, 0.25) is 5.91 Å². The van der Waals surface area contributed by atoms with Gasteiger partial charge in [-0.15, -0.1) is 10.2 Å². The summed E-state index contributed by atoms with van der Waals surface area (Å²) in [5.74, 6) is 0.989. The summed E-state index contributed by atoms with van der Waals surface area (Å²) in [4.78, 5) is 23.6. The van der Waals surface area contributed by atoms with Gasteiger partial charge in [0.25, 0.3) is 0 Å². The van der Waals surface area contributed by atoms with Crippen LogP contribution in [-0.2, 0) is 27.3 Å². The first-order valence-corrected chi connectivity index (χ1v) is 9.12. The van der Waals surface area contributed by atoms with Crippen LogP contribution in [0.4, 0.5) is 0 Å². The second-order valence-electron chi connectivity index (χ2n) is 5.18. The molecular weight excluding hydrogens is 344 g/mol. The molecule has 0 spiro atoms. The number of aromatic nitrogens is 3. The van der Waals surface area contributed by atoms with E-state index in [2.05, 4.69) is 15.5 Å². The molecule has 0 atom stereocenters. The summed E-state index contributed by atoms with van der Waals surface area (Å²) >= 11 is 1.27. The van der Waals surface area contributed by atoms with Gasteiger partial charge < -0.3 is 14.5 Å². The van der Waals surface area contributed by atoms with Crippen molar-refractivity contribution in [3.63, 3.8) is 0 Å². The number of nitrogens with zero attached hydrogens (tertiary/aromatic N) is 3. The van der Waals surface area contributed by atoms with Gasteiger partial charge in [-0.05, 0) is 25.5 Å². The molecule has 8 nitrogen and oxygen atoms in total. The third kappa shape index (κ3) is 5.93. The summed E-state index contributed by atoms with van der Waals surface area (Å²) in [6, 6.07) is 3.62. The van der Waals surface area contributed by atoms with Crippen molar-refractivity contribution in [2.24, 2.45) is 0 Å². The van der Waals surface area contributed by atoms with Crippen molar-refractivity contribution in [2.45, 2.75) is 38.4 Å². The van der Waals surface area contributed by atoms with Crippen LogP contribution in [0.5, 0.6) is 0 Å². The van der Waals surface area contributed by atoms with E-state index < -0.39 is 0 Å². The highest BCUT2D eigenvalue weighted by Gasteiger charge is 2.18. The Hall–Kier alpha value is -2.29. The van der Waals surface area contributed by atoms with Crippen LogP contribution in [0.1, 0.15) is 31.9 Å². The van der Waals surface area contributed by atoms with Crippen LogP contribution < -0.4 is 5.32 Å². The van der Waals surface area contributed by atoms with Gasteiger partial charge in [-0.3, -0.25) is 14.2 Å². The molecule has 0 radical (unpaired) electrons. The van der Waals surface area contributed by atoms with Gasteiger partial charge in [0, 0.05) is 6.54 Å². The minimum absolute atomic E-state index is 0.0180. The molecule has 9 heteroatoms. The lowest BCUT2D eigenvalue weighted by Crippen LogP contribution is -2.25. The molecule has 0 unspecified atom stereocenters. The Bertz CT molecular complexity index is 684. The highest BCUT2D eigenvalue weighted by molar-refractivity contribution is 7.99. The topological polar surface area (TPSA) is 99.3 Å². The normalized spacial score (nSPS) is 10.6. The van der Waals surface area contributed by atoms with Crippen molar-refractivity contribution in [1.82, 2.24) is 20.1 Å². The molecule has 2 rings (SSSR count). The minimum atomic E-state index is -0.368. The number of amides is 1. The number of rotatable bonds is 10. The second kappa shape index (κ2) is 9.87. The van der Waals surface area contributed by atoms with E-state index in [4.69, 9.17) is 9.15 Å². The van der Waals surface area contributed by atoms with Crippen LogP contribution in [-0.4, -0.2) is 45.5 Å². The number of carbonyl (C=O) groups excluding carboxylic acids is 2.